The molecule has 6 heteroatoms. The molecule has 1 aromatic rings. The van der Waals surface area contributed by atoms with Gasteiger partial charge in [-0.3, -0.25) is 9.69 Å². The second kappa shape index (κ2) is 7.81. The van der Waals surface area contributed by atoms with Crippen LogP contribution in [0.2, 0.25) is 0 Å². The zero-order valence-electron chi connectivity index (χ0n) is 11.4. The lowest BCUT2D eigenvalue weighted by atomic mass is 10.3. The van der Waals surface area contributed by atoms with Crippen LogP contribution in [0.3, 0.4) is 0 Å². The highest BCUT2D eigenvalue weighted by atomic mass is 19.1. The minimum absolute atomic E-state index is 0.00487. The normalized spacial score (nSPS) is 15.8. The smallest absolute Gasteiger partial charge is 0.234 e. The van der Waals surface area contributed by atoms with Crippen LogP contribution in [0, 0.1) is 5.82 Å². The first-order valence-corrected chi connectivity index (χ1v) is 6.82. The molecule has 0 bridgehead atoms. The highest BCUT2D eigenvalue weighted by molar-refractivity contribution is 5.78. The van der Waals surface area contributed by atoms with E-state index in [0.717, 1.165) is 26.2 Å². The summed E-state index contributed by atoms with van der Waals surface area (Å²) in [7, 11) is 0. The Morgan fingerprint density at radius 2 is 2.20 bits per heavy atom. The van der Waals surface area contributed by atoms with Gasteiger partial charge in [0, 0.05) is 32.2 Å². The van der Waals surface area contributed by atoms with Crippen molar-refractivity contribution in [3.05, 3.63) is 30.1 Å². The Morgan fingerprint density at radius 1 is 1.40 bits per heavy atom. The van der Waals surface area contributed by atoms with E-state index in [1.165, 1.54) is 12.1 Å². The Balaban J connectivity index is 1.59. The molecule has 20 heavy (non-hydrogen) atoms. The van der Waals surface area contributed by atoms with Crippen molar-refractivity contribution >= 4 is 5.91 Å². The van der Waals surface area contributed by atoms with E-state index in [1.807, 2.05) is 0 Å². The maximum Gasteiger partial charge on any atom is 0.234 e. The standard InChI is InChI=1S/C14H20FN3O2/c15-12-2-1-3-13(10-12)20-9-6-17-14(19)11-18-7-4-16-5-8-18/h1-3,10,16H,4-9,11H2,(H,17,19). The lowest BCUT2D eigenvalue weighted by Gasteiger charge is -2.26. The lowest BCUT2D eigenvalue weighted by Crippen LogP contribution is -2.47. The number of benzene rings is 1. The number of hydrogen-bond acceptors (Lipinski definition) is 4. The molecule has 110 valence electrons. The van der Waals surface area contributed by atoms with Crippen molar-refractivity contribution in [2.24, 2.45) is 0 Å². The Kier molecular flexibility index (Phi) is 5.76. The van der Waals surface area contributed by atoms with Crippen LogP contribution < -0.4 is 15.4 Å². The minimum Gasteiger partial charge on any atom is -0.492 e. The van der Waals surface area contributed by atoms with Gasteiger partial charge in [-0.1, -0.05) is 6.07 Å². The van der Waals surface area contributed by atoms with Crippen LogP contribution in [0.15, 0.2) is 24.3 Å². The van der Waals surface area contributed by atoms with Crippen molar-refractivity contribution < 1.29 is 13.9 Å². The molecule has 0 atom stereocenters. The number of ether oxygens (including phenoxy) is 1. The third-order valence-electron chi connectivity index (χ3n) is 3.07. The highest BCUT2D eigenvalue weighted by Gasteiger charge is 2.12. The van der Waals surface area contributed by atoms with Crippen LogP contribution in [0.4, 0.5) is 4.39 Å². The monoisotopic (exact) mass is 281 g/mol. The molecule has 1 aliphatic heterocycles. The summed E-state index contributed by atoms with van der Waals surface area (Å²) in [4.78, 5) is 13.8. The molecule has 0 spiro atoms. The molecule has 2 rings (SSSR count). The van der Waals surface area contributed by atoms with Crippen molar-refractivity contribution in [3.63, 3.8) is 0 Å². The molecule has 1 aromatic carbocycles. The first-order chi connectivity index (χ1) is 9.74. The quantitative estimate of drug-likeness (QED) is 0.733. The molecule has 1 fully saturated rings. The molecule has 2 N–H and O–H groups in total. The van der Waals surface area contributed by atoms with Gasteiger partial charge in [-0.15, -0.1) is 0 Å². The predicted octanol–water partition coefficient (Wildman–Crippen LogP) is 0.226. The van der Waals surface area contributed by atoms with E-state index < -0.39 is 0 Å². The van der Waals surface area contributed by atoms with Gasteiger partial charge in [0.25, 0.3) is 0 Å². The maximum atomic E-state index is 12.9. The summed E-state index contributed by atoms with van der Waals surface area (Å²) in [5.41, 5.74) is 0. The largest absolute Gasteiger partial charge is 0.492 e. The zero-order valence-corrected chi connectivity index (χ0v) is 11.4. The van der Waals surface area contributed by atoms with Crippen molar-refractivity contribution in [1.82, 2.24) is 15.5 Å². The molecule has 1 aliphatic rings. The SMILES string of the molecule is O=C(CN1CCNCC1)NCCOc1cccc(F)c1. The summed E-state index contributed by atoms with van der Waals surface area (Å²) < 4.78 is 18.3. The highest BCUT2D eigenvalue weighted by Crippen LogP contribution is 2.11. The second-order valence-electron chi connectivity index (χ2n) is 4.68. The summed E-state index contributed by atoms with van der Waals surface area (Å²) in [5.74, 6) is 0.140. The van der Waals surface area contributed by atoms with Crippen LogP contribution in [0.5, 0.6) is 5.75 Å². The fraction of sp³-hybridized carbons (Fsp3) is 0.500. The van der Waals surface area contributed by atoms with Gasteiger partial charge in [0.2, 0.25) is 5.91 Å². The van der Waals surface area contributed by atoms with Gasteiger partial charge in [0.15, 0.2) is 0 Å². The van der Waals surface area contributed by atoms with Crippen molar-refractivity contribution in [1.29, 1.82) is 0 Å². The van der Waals surface area contributed by atoms with Crippen LogP contribution >= 0.6 is 0 Å². The minimum atomic E-state index is -0.328. The molecule has 0 unspecified atom stereocenters. The van der Waals surface area contributed by atoms with Crippen LogP contribution in [0.1, 0.15) is 0 Å². The van der Waals surface area contributed by atoms with E-state index in [2.05, 4.69) is 15.5 Å². The summed E-state index contributed by atoms with van der Waals surface area (Å²) in [6.07, 6.45) is 0. The number of nitrogens with zero attached hydrogens (tertiary/aromatic N) is 1. The molecular weight excluding hydrogens is 261 g/mol. The van der Waals surface area contributed by atoms with E-state index >= 15 is 0 Å². The number of piperazine rings is 1. The molecule has 1 saturated heterocycles. The van der Waals surface area contributed by atoms with Gasteiger partial charge < -0.3 is 15.4 Å². The maximum absolute atomic E-state index is 12.9. The van der Waals surface area contributed by atoms with Gasteiger partial charge in [-0.05, 0) is 12.1 Å². The third-order valence-corrected chi connectivity index (χ3v) is 3.07. The van der Waals surface area contributed by atoms with Crippen LogP contribution in [-0.2, 0) is 4.79 Å². The number of hydrogen-bond donors (Lipinski definition) is 2. The molecule has 1 heterocycles. The fourth-order valence-corrected chi connectivity index (χ4v) is 2.04. The summed E-state index contributed by atoms with van der Waals surface area (Å²) in [6.45, 7) is 4.81. The first-order valence-electron chi connectivity index (χ1n) is 6.82. The van der Waals surface area contributed by atoms with E-state index in [-0.39, 0.29) is 11.7 Å². The van der Waals surface area contributed by atoms with E-state index in [9.17, 15) is 9.18 Å². The number of carbonyl (C=O) groups is 1. The molecule has 0 radical (unpaired) electrons. The Labute approximate surface area is 118 Å². The molecule has 0 aliphatic carbocycles. The van der Waals surface area contributed by atoms with Crippen LogP contribution in [-0.4, -0.2) is 56.7 Å². The average molecular weight is 281 g/mol. The van der Waals surface area contributed by atoms with Gasteiger partial charge in [0.1, 0.15) is 18.2 Å². The number of amides is 1. The average Bonchev–Trinajstić information content (AvgIpc) is 2.45. The topological polar surface area (TPSA) is 53.6 Å². The second-order valence-corrected chi connectivity index (χ2v) is 4.68. The van der Waals surface area contributed by atoms with Gasteiger partial charge in [-0.25, -0.2) is 4.39 Å². The summed E-state index contributed by atoms with van der Waals surface area (Å²) in [5, 5.41) is 6.03. The van der Waals surface area contributed by atoms with Crippen molar-refractivity contribution in [3.8, 4) is 5.75 Å². The molecule has 1 amide bonds. The predicted molar refractivity (Wildman–Crippen MR) is 74.2 cm³/mol. The van der Waals surface area contributed by atoms with Crippen LogP contribution in [0.25, 0.3) is 0 Å². The molecular formula is C14H20FN3O2. The van der Waals surface area contributed by atoms with Gasteiger partial charge in [-0.2, -0.15) is 0 Å². The zero-order chi connectivity index (χ0) is 14.2. The van der Waals surface area contributed by atoms with Gasteiger partial charge >= 0.3 is 0 Å². The molecule has 0 aromatic heterocycles. The lowest BCUT2D eigenvalue weighted by molar-refractivity contribution is -0.122. The Hall–Kier alpha value is -1.66. The third kappa shape index (κ3) is 5.14. The fourth-order valence-electron chi connectivity index (χ4n) is 2.04. The number of halogens is 1. The molecule has 0 saturated carbocycles. The van der Waals surface area contributed by atoms with Crippen molar-refractivity contribution in [2.75, 3.05) is 45.9 Å². The number of carbonyl (C=O) groups excluding carboxylic acids is 1. The van der Waals surface area contributed by atoms with E-state index in [0.29, 0.717) is 25.4 Å². The van der Waals surface area contributed by atoms with Crippen molar-refractivity contribution in [2.45, 2.75) is 0 Å². The first kappa shape index (κ1) is 14.7. The summed E-state index contributed by atoms with van der Waals surface area (Å²) >= 11 is 0. The molecule has 5 nitrogen and oxygen atoms in total. The van der Waals surface area contributed by atoms with E-state index in [4.69, 9.17) is 4.74 Å². The Bertz CT molecular complexity index is 436. The van der Waals surface area contributed by atoms with Gasteiger partial charge in [0.05, 0.1) is 13.1 Å². The number of rotatable bonds is 6. The Morgan fingerprint density at radius 3 is 2.95 bits per heavy atom. The summed E-state index contributed by atoms with van der Waals surface area (Å²) in [6, 6.07) is 5.96. The van der Waals surface area contributed by atoms with E-state index in [1.54, 1.807) is 12.1 Å². The number of nitrogens with one attached hydrogen (secondary N) is 2.